The molecule has 1 aromatic carbocycles. The fourth-order valence-electron chi connectivity index (χ4n) is 1.13. The molecule has 2 N–H and O–H groups in total. The van der Waals surface area contributed by atoms with Crippen LogP contribution in [0.4, 0.5) is 5.69 Å². The molecule has 0 fully saturated rings. The summed E-state index contributed by atoms with van der Waals surface area (Å²) in [6.45, 7) is 3.44. The van der Waals surface area contributed by atoms with Crippen LogP contribution < -0.4 is 5.32 Å². The molecular weight excluding hydrogens is 274 g/mol. The van der Waals surface area contributed by atoms with Gasteiger partial charge in [0.05, 0.1) is 5.56 Å². The first-order chi connectivity index (χ1) is 7.52. The van der Waals surface area contributed by atoms with Crippen molar-refractivity contribution in [2.75, 3.05) is 5.32 Å². The zero-order valence-corrected chi connectivity index (χ0v) is 9.95. The number of carbonyl (C=O) groups is 2. The summed E-state index contributed by atoms with van der Waals surface area (Å²) < 4.78 is 0.598. The summed E-state index contributed by atoms with van der Waals surface area (Å²) in [6, 6.07) is 4.49. The standard InChI is InChI=1S/C11H10BrNO3/c1-2-3-10(14)13-9-5-7(11(15)16)4-8(12)6-9/h2,4-6H,1,3H2,(H,13,14)(H,15,16). The van der Waals surface area contributed by atoms with Gasteiger partial charge in [0, 0.05) is 16.6 Å². The minimum atomic E-state index is -1.04. The lowest BCUT2D eigenvalue weighted by molar-refractivity contribution is -0.115. The predicted octanol–water partition coefficient (Wildman–Crippen LogP) is 2.66. The highest BCUT2D eigenvalue weighted by molar-refractivity contribution is 9.10. The van der Waals surface area contributed by atoms with E-state index in [1.54, 1.807) is 6.07 Å². The highest BCUT2D eigenvalue weighted by atomic mass is 79.9. The minimum absolute atomic E-state index is 0.114. The Kier molecular flexibility index (Phi) is 4.25. The summed E-state index contributed by atoms with van der Waals surface area (Å²) in [5.74, 6) is -1.27. The third-order valence-corrected chi connectivity index (χ3v) is 2.22. The van der Waals surface area contributed by atoms with Crippen LogP contribution in [0.5, 0.6) is 0 Å². The van der Waals surface area contributed by atoms with Gasteiger partial charge in [0.25, 0.3) is 0 Å². The smallest absolute Gasteiger partial charge is 0.335 e. The van der Waals surface area contributed by atoms with E-state index in [9.17, 15) is 9.59 Å². The van der Waals surface area contributed by atoms with Gasteiger partial charge in [-0.3, -0.25) is 4.79 Å². The summed E-state index contributed by atoms with van der Waals surface area (Å²) in [6.07, 6.45) is 1.67. The molecule has 1 aromatic rings. The van der Waals surface area contributed by atoms with Crippen LogP contribution in [0.25, 0.3) is 0 Å². The second-order valence-electron chi connectivity index (χ2n) is 3.07. The van der Waals surface area contributed by atoms with Crippen molar-refractivity contribution in [1.29, 1.82) is 0 Å². The first-order valence-electron chi connectivity index (χ1n) is 4.47. The van der Waals surface area contributed by atoms with E-state index >= 15 is 0 Å². The molecule has 0 bridgehead atoms. The Hall–Kier alpha value is -1.62. The second kappa shape index (κ2) is 5.46. The highest BCUT2D eigenvalue weighted by Crippen LogP contribution is 2.19. The van der Waals surface area contributed by atoms with Crippen molar-refractivity contribution in [3.05, 3.63) is 40.9 Å². The molecular formula is C11H10BrNO3. The SMILES string of the molecule is C=CCC(=O)Nc1cc(Br)cc(C(=O)O)c1. The lowest BCUT2D eigenvalue weighted by atomic mass is 10.2. The summed E-state index contributed by atoms with van der Waals surface area (Å²) in [4.78, 5) is 22.0. The van der Waals surface area contributed by atoms with E-state index < -0.39 is 5.97 Å². The van der Waals surface area contributed by atoms with Gasteiger partial charge in [-0.05, 0) is 18.2 Å². The molecule has 4 nitrogen and oxygen atoms in total. The van der Waals surface area contributed by atoms with E-state index in [-0.39, 0.29) is 17.9 Å². The number of aromatic carboxylic acids is 1. The number of hydrogen-bond donors (Lipinski definition) is 2. The van der Waals surface area contributed by atoms with Crippen LogP contribution in [0, 0.1) is 0 Å². The molecule has 1 amide bonds. The van der Waals surface area contributed by atoms with Crippen molar-refractivity contribution >= 4 is 33.5 Å². The van der Waals surface area contributed by atoms with Crippen LogP contribution in [-0.4, -0.2) is 17.0 Å². The van der Waals surface area contributed by atoms with Crippen molar-refractivity contribution in [1.82, 2.24) is 0 Å². The monoisotopic (exact) mass is 283 g/mol. The van der Waals surface area contributed by atoms with E-state index in [2.05, 4.69) is 27.8 Å². The Morgan fingerprint density at radius 1 is 1.44 bits per heavy atom. The van der Waals surface area contributed by atoms with E-state index in [4.69, 9.17) is 5.11 Å². The Labute approximate surface area is 101 Å². The number of nitrogens with one attached hydrogen (secondary N) is 1. The Balaban J connectivity index is 2.92. The molecule has 0 atom stereocenters. The number of amides is 1. The normalized spacial score (nSPS) is 9.56. The Bertz CT molecular complexity index is 443. The molecule has 1 rings (SSSR count). The summed E-state index contributed by atoms with van der Waals surface area (Å²) >= 11 is 3.18. The van der Waals surface area contributed by atoms with Crippen LogP contribution in [0.3, 0.4) is 0 Å². The Morgan fingerprint density at radius 3 is 2.69 bits per heavy atom. The van der Waals surface area contributed by atoms with Crippen molar-refractivity contribution < 1.29 is 14.7 Å². The summed E-state index contributed by atoms with van der Waals surface area (Å²) in [5.41, 5.74) is 0.557. The van der Waals surface area contributed by atoms with E-state index in [1.807, 2.05) is 0 Å². The van der Waals surface area contributed by atoms with Gasteiger partial charge >= 0.3 is 5.97 Å². The summed E-state index contributed by atoms with van der Waals surface area (Å²) in [7, 11) is 0. The number of halogens is 1. The zero-order valence-electron chi connectivity index (χ0n) is 8.37. The fraction of sp³-hybridized carbons (Fsp3) is 0.0909. The lowest BCUT2D eigenvalue weighted by Gasteiger charge is -2.05. The predicted molar refractivity (Wildman–Crippen MR) is 64.5 cm³/mol. The van der Waals surface area contributed by atoms with E-state index in [0.29, 0.717) is 10.2 Å². The number of carbonyl (C=O) groups excluding carboxylic acids is 1. The van der Waals surface area contributed by atoms with Crippen molar-refractivity contribution in [2.24, 2.45) is 0 Å². The third-order valence-electron chi connectivity index (χ3n) is 1.76. The molecule has 0 aliphatic carbocycles. The van der Waals surface area contributed by atoms with E-state index in [1.165, 1.54) is 18.2 Å². The number of carboxylic acid groups (broad SMARTS) is 1. The minimum Gasteiger partial charge on any atom is -0.478 e. The van der Waals surface area contributed by atoms with Crippen molar-refractivity contribution in [3.63, 3.8) is 0 Å². The molecule has 16 heavy (non-hydrogen) atoms. The molecule has 0 aliphatic heterocycles. The van der Waals surface area contributed by atoms with Crippen LogP contribution in [0.15, 0.2) is 35.3 Å². The third kappa shape index (κ3) is 3.51. The molecule has 0 spiro atoms. The van der Waals surface area contributed by atoms with Gasteiger partial charge < -0.3 is 10.4 Å². The largest absolute Gasteiger partial charge is 0.478 e. The quantitative estimate of drug-likeness (QED) is 0.835. The zero-order chi connectivity index (χ0) is 12.1. The average Bonchev–Trinajstić information content (AvgIpc) is 2.16. The van der Waals surface area contributed by atoms with Crippen LogP contribution >= 0.6 is 15.9 Å². The van der Waals surface area contributed by atoms with Gasteiger partial charge in [0.2, 0.25) is 5.91 Å². The van der Waals surface area contributed by atoms with Gasteiger partial charge in [-0.25, -0.2) is 4.79 Å². The van der Waals surface area contributed by atoms with Gasteiger partial charge in [-0.1, -0.05) is 22.0 Å². The van der Waals surface area contributed by atoms with Crippen molar-refractivity contribution in [3.8, 4) is 0 Å². The number of rotatable bonds is 4. The van der Waals surface area contributed by atoms with Gasteiger partial charge in [0.1, 0.15) is 0 Å². The summed E-state index contributed by atoms with van der Waals surface area (Å²) in [5, 5.41) is 11.4. The molecule has 0 heterocycles. The van der Waals surface area contributed by atoms with Crippen LogP contribution in [0.2, 0.25) is 0 Å². The van der Waals surface area contributed by atoms with Crippen molar-refractivity contribution in [2.45, 2.75) is 6.42 Å². The maximum atomic E-state index is 11.3. The molecule has 0 saturated carbocycles. The number of hydrogen-bond acceptors (Lipinski definition) is 2. The topological polar surface area (TPSA) is 66.4 Å². The van der Waals surface area contributed by atoms with Crippen LogP contribution in [-0.2, 0) is 4.79 Å². The first kappa shape index (κ1) is 12.4. The number of carboxylic acids is 1. The fourth-order valence-corrected chi connectivity index (χ4v) is 1.62. The molecule has 0 aliphatic rings. The van der Waals surface area contributed by atoms with Gasteiger partial charge in [-0.2, -0.15) is 0 Å². The highest BCUT2D eigenvalue weighted by Gasteiger charge is 2.07. The van der Waals surface area contributed by atoms with Crippen LogP contribution in [0.1, 0.15) is 16.8 Å². The average molecular weight is 284 g/mol. The molecule has 5 heteroatoms. The maximum Gasteiger partial charge on any atom is 0.335 e. The second-order valence-corrected chi connectivity index (χ2v) is 3.99. The first-order valence-corrected chi connectivity index (χ1v) is 5.27. The molecule has 0 unspecified atom stereocenters. The van der Waals surface area contributed by atoms with E-state index in [0.717, 1.165) is 0 Å². The lowest BCUT2D eigenvalue weighted by Crippen LogP contribution is -2.10. The molecule has 84 valence electrons. The number of benzene rings is 1. The van der Waals surface area contributed by atoms with Gasteiger partial charge in [0.15, 0.2) is 0 Å². The maximum absolute atomic E-state index is 11.3. The number of anilines is 1. The van der Waals surface area contributed by atoms with Gasteiger partial charge in [-0.15, -0.1) is 6.58 Å². The molecule has 0 saturated heterocycles. The Morgan fingerprint density at radius 2 is 2.12 bits per heavy atom. The molecule has 0 radical (unpaired) electrons. The molecule has 0 aromatic heterocycles.